The predicted molar refractivity (Wildman–Crippen MR) is 116 cm³/mol. The maximum Gasteiger partial charge on any atom is 0.160 e. The van der Waals surface area contributed by atoms with E-state index in [1.165, 1.54) is 11.1 Å². The number of aryl methyl sites for hydroxylation is 1. The minimum Gasteiger partial charge on any atom is -0.496 e. The lowest BCUT2D eigenvalue weighted by molar-refractivity contribution is 0.0273. The van der Waals surface area contributed by atoms with Crippen LogP contribution in [-0.4, -0.2) is 58.6 Å². The topological polar surface area (TPSA) is 40.2 Å². The average molecular weight is 400 g/mol. The Morgan fingerprint density at radius 1 is 1.03 bits per heavy atom. The smallest absolute Gasteiger partial charge is 0.160 e. The van der Waals surface area contributed by atoms with E-state index in [-0.39, 0.29) is 0 Å². The molecule has 3 rings (SSSR count). The Hall–Kier alpha value is -2.24. The van der Waals surface area contributed by atoms with Crippen molar-refractivity contribution < 1.29 is 18.9 Å². The Morgan fingerprint density at radius 3 is 2.66 bits per heavy atom. The highest BCUT2D eigenvalue weighted by atomic mass is 16.5. The van der Waals surface area contributed by atoms with Gasteiger partial charge in [-0.05, 0) is 43.0 Å². The van der Waals surface area contributed by atoms with Crippen molar-refractivity contribution in [1.82, 2.24) is 4.90 Å². The van der Waals surface area contributed by atoms with Crippen LogP contribution in [0, 0.1) is 0 Å². The van der Waals surface area contributed by atoms with Gasteiger partial charge < -0.3 is 18.9 Å². The van der Waals surface area contributed by atoms with Gasteiger partial charge in [0.15, 0.2) is 11.5 Å². The number of hydrogen-bond acceptors (Lipinski definition) is 5. The maximum absolute atomic E-state index is 5.99. The fourth-order valence-corrected chi connectivity index (χ4v) is 3.60. The van der Waals surface area contributed by atoms with E-state index in [2.05, 4.69) is 41.3 Å². The highest BCUT2D eigenvalue weighted by Gasteiger charge is 2.10. The SMILES string of the molecule is COc1ccc(CCCC2=CCC(OCCN3CCOCC3)=CC=C2)cc1OC. The van der Waals surface area contributed by atoms with Crippen LogP contribution in [-0.2, 0) is 15.9 Å². The molecule has 0 radical (unpaired) electrons. The van der Waals surface area contributed by atoms with Crippen molar-refractivity contribution in [2.45, 2.75) is 25.7 Å². The second kappa shape index (κ2) is 11.7. The van der Waals surface area contributed by atoms with Crippen LogP contribution >= 0.6 is 0 Å². The van der Waals surface area contributed by atoms with Crippen molar-refractivity contribution in [3.05, 3.63) is 59.4 Å². The molecule has 29 heavy (non-hydrogen) atoms. The molecular formula is C24H33NO4. The molecule has 0 atom stereocenters. The number of methoxy groups -OCH3 is 2. The molecule has 5 heteroatoms. The van der Waals surface area contributed by atoms with E-state index >= 15 is 0 Å². The Bertz CT molecular complexity index is 732. The third-order valence-corrected chi connectivity index (χ3v) is 5.34. The summed E-state index contributed by atoms with van der Waals surface area (Å²) in [6, 6.07) is 6.15. The molecule has 1 fully saturated rings. The van der Waals surface area contributed by atoms with Gasteiger partial charge in [0, 0.05) is 26.1 Å². The van der Waals surface area contributed by atoms with E-state index in [4.69, 9.17) is 18.9 Å². The second-order valence-corrected chi connectivity index (χ2v) is 7.32. The van der Waals surface area contributed by atoms with Crippen molar-refractivity contribution in [3.8, 4) is 11.5 Å². The molecule has 1 heterocycles. The number of morpholine rings is 1. The summed E-state index contributed by atoms with van der Waals surface area (Å²) in [5, 5.41) is 0. The zero-order valence-corrected chi connectivity index (χ0v) is 17.7. The van der Waals surface area contributed by atoms with Gasteiger partial charge in [-0.25, -0.2) is 0 Å². The first-order chi connectivity index (χ1) is 14.3. The van der Waals surface area contributed by atoms with Crippen LogP contribution < -0.4 is 9.47 Å². The van der Waals surface area contributed by atoms with Crippen LogP contribution in [0.15, 0.2) is 53.8 Å². The van der Waals surface area contributed by atoms with Gasteiger partial charge in [0.25, 0.3) is 0 Å². The standard InChI is InChI=1S/C24H33NO4/c1-26-23-12-10-21(19-24(23)27-2)7-3-5-20-6-4-8-22(11-9-20)29-18-15-25-13-16-28-17-14-25/h4,6,8-10,12,19H,3,5,7,11,13-18H2,1-2H3. The summed E-state index contributed by atoms with van der Waals surface area (Å²) in [6.45, 7) is 5.38. The minimum atomic E-state index is 0.738. The Balaban J connectivity index is 1.39. The van der Waals surface area contributed by atoms with E-state index in [1.54, 1.807) is 14.2 Å². The van der Waals surface area contributed by atoms with Gasteiger partial charge >= 0.3 is 0 Å². The minimum absolute atomic E-state index is 0.738. The van der Waals surface area contributed by atoms with Crippen molar-refractivity contribution in [2.75, 3.05) is 53.7 Å². The summed E-state index contributed by atoms with van der Waals surface area (Å²) in [5.41, 5.74) is 2.64. The number of ether oxygens (including phenoxy) is 4. The summed E-state index contributed by atoms with van der Waals surface area (Å²) in [6.07, 6.45) is 12.7. The normalized spacial score (nSPS) is 17.3. The Kier molecular flexibility index (Phi) is 8.65. The monoisotopic (exact) mass is 399 g/mol. The second-order valence-electron chi connectivity index (χ2n) is 7.32. The highest BCUT2D eigenvalue weighted by Crippen LogP contribution is 2.28. The molecule has 0 amide bonds. The van der Waals surface area contributed by atoms with Gasteiger partial charge in [0.2, 0.25) is 0 Å². The van der Waals surface area contributed by atoms with Gasteiger partial charge in [-0.2, -0.15) is 0 Å². The van der Waals surface area contributed by atoms with Gasteiger partial charge in [-0.3, -0.25) is 4.90 Å². The molecule has 0 unspecified atom stereocenters. The fourth-order valence-electron chi connectivity index (χ4n) is 3.60. The molecule has 0 N–H and O–H groups in total. The van der Waals surface area contributed by atoms with Gasteiger partial charge in [-0.15, -0.1) is 0 Å². The maximum atomic E-state index is 5.99. The molecule has 0 saturated carbocycles. The summed E-state index contributed by atoms with van der Waals surface area (Å²) in [7, 11) is 3.34. The van der Waals surface area contributed by atoms with E-state index < -0.39 is 0 Å². The van der Waals surface area contributed by atoms with Gasteiger partial charge in [-0.1, -0.05) is 29.9 Å². The van der Waals surface area contributed by atoms with Crippen molar-refractivity contribution in [2.24, 2.45) is 0 Å². The Labute approximate surface area is 174 Å². The lowest BCUT2D eigenvalue weighted by Crippen LogP contribution is -2.38. The number of allylic oxidation sites excluding steroid dienone is 5. The lowest BCUT2D eigenvalue weighted by atomic mass is 10.0. The summed E-state index contributed by atoms with van der Waals surface area (Å²) >= 11 is 0. The van der Waals surface area contributed by atoms with Crippen LogP contribution in [0.2, 0.25) is 0 Å². The van der Waals surface area contributed by atoms with Crippen molar-refractivity contribution in [1.29, 1.82) is 0 Å². The molecule has 0 bridgehead atoms. The van der Waals surface area contributed by atoms with E-state index in [0.29, 0.717) is 0 Å². The molecule has 2 aliphatic rings. The van der Waals surface area contributed by atoms with Crippen LogP contribution in [0.1, 0.15) is 24.8 Å². The number of nitrogens with zero attached hydrogens (tertiary/aromatic N) is 1. The molecule has 1 aromatic rings. The summed E-state index contributed by atoms with van der Waals surface area (Å²) in [4.78, 5) is 2.39. The van der Waals surface area contributed by atoms with Crippen molar-refractivity contribution in [3.63, 3.8) is 0 Å². The van der Waals surface area contributed by atoms with Crippen molar-refractivity contribution >= 4 is 0 Å². The summed E-state index contributed by atoms with van der Waals surface area (Å²) < 4.78 is 22.1. The molecule has 1 aliphatic heterocycles. The first-order valence-electron chi connectivity index (χ1n) is 10.5. The molecule has 158 valence electrons. The van der Waals surface area contributed by atoms with E-state index in [0.717, 1.165) is 82.4 Å². The van der Waals surface area contributed by atoms with Gasteiger partial charge in [0.05, 0.1) is 33.2 Å². The zero-order valence-electron chi connectivity index (χ0n) is 17.7. The molecule has 1 aliphatic carbocycles. The molecule has 1 aromatic carbocycles. The molecule has 1 saturated heterocycles. The number of hydrogen-bond donors (Lipinski definition) is 0. The first kappa shape index (κ1) is 21.5. The van der Waals surface area contributed by atoms with Crippen LogP contribution in [0.25, 0.3) is 0 Å². The quantitative estimate of drug-likeness (QED) is 0.591. The van der Waals surface area contributed by atoms with E-state index in [9.17, 15) is 0 Å². The average Bonchev–Trinajstić information content (AvgIpc) is 2.99. The molecule has 0 aromatic heterocycles. The van der Waals surface area contributed by atoms with Gasteiger partial charge in [0.1, 0.15) is 6.61 Å². The zero-order chi connectivity index (χ0) is 20.3. The summed E-state index contributed by atoms with van der Waals surface area (Å²) in [5.74, 6) is 2.61. The predicted octanol–water partition coefficient (Wildman–Crippen LogP) is 4.15. The Morgan fingerprint density at radius 2 is 1.86 bits per heavy atom. The highest BCUT2D eigenvalue weighted by molar-refractivity contribution is 5.43. The molecular weight excluding hydrogens is 366 g/mol. The third kappa shape index (κ3) is 6.94. The fraction of sp³-hybridized carbons (Fsp3) is 0.500. The van der Waals surface area contributed by atoms with E-state index in [1.807, 2.05) is 6.07 Å². The lowest BCUT2D eigenvalue weighted by Gasteiger charge is -2.26. The largest absolute Gasteiger partial charge is 0.496 e. The number of rotatable bonds is 10. The molecule has 5 nitrogen and oxygen atoms in total. The number of benzene rings is 1. The van der Waals surface area contributed by atoms with Crippen LogP contribution in [0.4, 0.5) is 0 Å². The third-order valence-electron chi connectivity index (χ3n) is 5.34. The first-order valence-corrected chi connectivity index (χ1v) is 10.5. The van der Waals surface area contributed by atoms with Crippen LogP contribution in [0.5, 0.6) is 11.5 Å². The van der Waals surface area contributed by atoms with Crippen LogP contribution in [0.3, 0.4) is 0 Å². The molecule has 0 spiro atoms.